The van der Waals surface area contributed by atoms with Crippen molar-refractivity contribution in [2.45, 2.75) is 6.61 Å². The van der Waals surface area contributed by atoms with E-state index in [1.807, 2.05) is 30.3 Å². The minimum atomic E-state index is -0.622. The topological polar surface area (TPSA) is 74.3 Å². The molecule has 0 spiro atoms. The van der Waals surface area contributed by atoms with Crippen LogP contribution in [0.4, 0.5) is 4.39 Å². The molecule has 0 N–H and O–H groups in total. The fraction of sp³-hybridized carbons (Fsp3) is 0.0417. The predicted octanol–water partition coefficient (Wildman–Crippen LogP) is 4.63. The van der Waals surface area contributed by atoms with Gasteiger partial charge in [0.1, 0.15) is 18.0 Å². The first kappa shape index (κ1) is 18.7. The minimum Gasteiger partial charge on any atom is -0.456 e. The molecule has 6 nitrogen and oxygen atoms in total. The van der Waals surface area contributed by atoms with Crippen LogP contribution >= 0.6 is 0 Å². The van der Waals surface area contributed by atoms with E-state index in [4.69, 9.17) is 9.15 Å². The molecular weight excluding hydrogens is 399 g/mol. The Hall–Kier alpha value is -4.26. The highest BCUT2D eigenvalue weighted by Crippen LogP contribution is 2.28. The van der Waals surface area contributed by atoms with Crippen LogP contribution in [-0.4, -0.2) is 15.5 Å². The number of carbonyl (C=O) groups is 1. The predicted molar refractivity (Wildman–Crippen MR) is 113 cm³/mol. The fourth-order valence-corrected chi connectivity index (χ4v) is 3.60. The Labute approximate surface area is 175 Å². The van der Waals surface area contributed by atoms with Crippen molar-refractivity contribution in [2.75, 3.05) is 0 Å². The summed E-state index contributed by atoms with van der Waals surface area (Å²) in [5.74, 6) is -1.00. The van der Waals surface area contributed by atoms with E-state index < -0.39 is 11.6 Å². The van der Waals surface area contributed by atoms with E-state index in [2.05, 4.69) is 4.98 Å². The zero-order valence-electron chi connectivity index (χ0n) is 16.1. The van der Waals surface area contributed by atoms with E-state index in [9.17, 15) is 14.0 Å². The van der Waals surface area contributed by atoms with Crippen LogP contribution in [0.5, 0.6) is 0 Å². The van der Waals surface area contributed by atoms with Gasteiger partial charge in [-0.1, -0.05) is 30.3 Å². The molecule has 5 aromatic rings. The summed E-state index contributed by atoms with van der Waals surface area (Å²) < 4.78 is 25.6. The Morgan fingerprint density at radius 2 is 1.87 bits per heavy atom. The number of nitrogens with zero attached hydrogens (tertiary/aromatic N) is 2. The van der Waals surface area contributed by atoms with Gasteiger partial charge in [-0.25, -0.2) is 19.0 Å². The molecule has 2 heterocycles. The summed E-state index contributed by atoms with van der Waals surface area (Å²) in [4.78, 5) is 28.8. The Balaban J connectivity index is 1.49. The molecule has 0 saturated heterocycles. The first-order chi connectivity index (χ1) is 15.1. The number of imidazole rings is 1. The van der Waals surface area contributed by atoms with Crippen molar-refractivity contribution in [3.8, 4) is 5.69 Å². The Morgan fingerprint density at radius 1 is 1.06 bits per heavy atom. The van der Waals surface area contributed by atoms with Crippen molar-refractivity contribution in [3.05, 3.63) is 107 Å². The maximum atomic E-state index is 13.2. The number of hydrogen-bond donors (Lipinski definition) is 0. The van der Waals surface area contributed by atoms with E-state index in [-0.39, 0.29) is 18.1 Å². The fourth-order valence-electron chi connectivity index (χ4n) is 3.60. The van der Waals surface area contributed by atoms with Crippen molar-refractivity contribution >= 4 is 27.7 Å². The molecule has 0 aliphatic rings. The molecule has 0 amide bonds. The molecule has 0 unspecified atom stereocenters. The normalized spacial score (nSPS) is 11.1. The van der Waals surface area contributed by atoms with Gasteiger partial charge >= 0.3 is 11.6 Å². The van der Waals surface area contributed by atoms with Gasteiger partial charge in [-0.2, -0.15) is 0 Å². The molecule has 0 aliphatic heterocycles. The summed E-state index contributed by atoms with van der Waals surface area (Å²) in [6.07, 6.45) is 2.82. The molecule has 0 saturated carbocycles. The molecule has 0 fully saturated rings. The molecule has 2 aromatic heterocycles. The highest BCUT2D eigenvalue weighted by atomic mass is 19.1. The second kappa shape index (κ2) is 7.53. The van der Waals surface area contributed by atoms with Crippen molar-refractivity contribution < 1.29 is 18.3 Å². The van der Waals surface area contributed by atoms with Crippen LogP contribution in [0.3, 0.4) is 0 Å². The van der Waals surface area contributed by atoms with Crippen molar-refractivity contribution in [1.82, 2.24) is 9.55 Å². The number of ether oxygens (including phenoxy) is 1. The first-order valence-electron chi connectivity index (χ1n) is 9.50. The van der Waals surface area contributed by atoms with Gasteiger partial charge in [0.05, 0.1) is 12.5 Å². The van der Waals surface area contributed by atoms with Crippen LogP contribution in [0.25, 0.3) is 27.4 Å². The molecule has 7 heteroatoms. The molecule has 3 aromatic carbocycles. The highest BCUT2D eigenvalue weighted by Gasteiger charge is 2.17. The summed E-state index contributed by atoms with van der Waals surface area (Å²) in [7, 11) is 0. The molecule has 5 rings (SSSR count). The van der Waals surface area contributed by atoms with E-state index in [1.165, 1.54) is 47.4 Å². The molecule has 152 valence electrons. The summed E-state index contributed by atoms with van der Waals surface area (Å²) in [6, 6.07) is 18.3. The number of halogens is 1. The average Bonchev–Trinajstić information content (AvgIpc) is 3.27. The zero-order chi connectivity index (χ0) is 21.4. The van der Waals surface area contributed by atoms with Crippen LogP contribution in [0.15, 0.2) is 88.5 Å². The van der Waals surface area contributed by atoms with Crippen LogP contribution in [0.2, 0.25) is 0 Å². The number of esters is 1. The van der Waals surface area contributed by atoms with Crippen molar-refractivity contribution in [1.29, 1.82) is 0 Å². The Bertz CT molecular complexity index is 1490. The number of aromatic nitrogens is 2. The molecule has 0 bridgehead atoms. The number of carbonyl (C=O) groups excluding carboxylic acids is 1. The molecule has 0 aliphatic carbocycles. The van der Waals surface area contributed by atoms with Crippen LogP contribution in [0, 0.1) is 5.82 Å². The molecular formula is C24H15FN2O4. The molecule has 0 radical (unpaired) electrons. The zero-order valence-corrected chi connectivity index (χ0v) is 16.1. The Morgan fingerprint density at radius 3 is 2.71 bits per heavy atom. The number of benzene rings is 3. The van der Waals surface area contributed by atoms with Crippen LogP contribution in [-0.2, 0) is 11.3 Å². The van der Waals surface area contributed by atoms with Gasteiger partial charge in [-0.15, -0.1) is 0 Å². The monoisotopic (exact) mass is 414 g/mol. The SMILES string of the molecule is O=C(OCc1cc(=O)oc2ccc3ccccc3c12)c1cncn1-c1ccc(F)cc1. The second-order valence-corrected chi connectivity index (χ2v) is 6.95. The summed E-state index contributed by atoms with van der Waals surface area (Å²) in [5, 5.41) is 2.59. The number of rotatable bonds is 4. The standard InChI is InChI=1S/C24H15FN2O4/c25-17-6-8-18(9-7-17)27-14-26-12-20(27)24(29)30-13-16-11-22(28)31-21-10-5-15-3-1-2-4-19(15)23(16)21/h1-12,14H,13H2. The van der Waals surface area contributed by atoms with Crippen LogP contribution in [0.1, 0.15) is 16.1 Å². The molecule has 31 heavy (non-hydrogen) atoms. The Kier molecular flexibility index (Phi) is 4.55. The number of hydrogen-bond acceptors (Lipinski definition) is 5. The summed E-state index contributed by atoms with van der Waals surface area (Å²) in [5.41, 5.74) is 1.20. The lowest BCUT2D eigenvalue weighted by atomic mass is 10.0. The van der Waals surface area contributed by atoms with Crippen molar-refractivity contribution in [3.63, 3.8) is 0 Å². The van der Waals surface area contributed by atoms with Gasteiger partial charge in [-0.3, -0.25) is 4.57 Å². The third-order valence-corrected chi connectivity index (χ3v) is 5.03. The van der Waals surface area contributed by atoms with Gasteiger partial charge in [-0.05, 0) is 41.1 Å². The smallest absolute Gasteiger partial charge is 0.357 e. The largest absolute Gasteiger partial charge is 0.456 e. The van der Waals surface area contributed by atoms with E-state index in [1.54, 1.807) is 6.07 Å². The van der Waals surface area contributed by atoms with E-state index >= 15 is 0 Å². The summed E-state index contributed by atoms with van der Waals surface area (Å²) >= 11 is 0. The average molecular weight is 414 g/mol. The second-order valence-electron chi connectivity index (χ2n) is 6.95. The third-order valence-electron chi connectivity index (χ3n) is 5.03. The quantitative estimate of drug-likeness (QED) is 0.244. The summed E-state index contributed by atoms with van der Waals surface area (Å²) in [6.45, 7) is -0.121. The lowest BCUT2D eigenvalue weighted by Gasteiger charge is -2.11. The maximum Gasteiger partial charge on any atom is 0.357 e. The van der Waals surface area contributed by atoms with Gasteiger partial charge in [0.25, 0.3) is 0 Å². The molecule has 0 atom stereocenters. The van der Waals surface area contributed by atoms with Crippen LogP contribution < -0.4 is 5.63 Å². The van der Waals surface area contributed by atoms with E-state index in [0.717, 1.165) is 16.2 Å². The first-order valence-corrected chi connectivity index (χ1v) is 9.50. The van der Waals surface area contributed by atoms with Gasteiger partial charge in [0.15, 0.2) is 5.69 Å². The van der Waals surface area contributed by atoms with Crippen molar-refractivity contribution in [2.24, 2.45) is 0 Å². The highest BCUT2D eigenvalue weighted by molar-refractivity contribution is 6.07. The van der Waals surface area contributed by atoms with Gasteiger partial charge < -0.3 is 9.15 Å². The van der Waals surface area contributed by atoms with E-state index in [0.29, 0.717) is 16.8 Å². The maximum absolute atomic E-state index is 13.2. The number of fused-ring (bicyclic) bond motifs is 3. The van der Waals surface area contributed by atoms with Gasteiger partial charge in [0, 0.05) is 22.7 Å². The lowest BCUT2D eigenvalue weighted by Crippen LogP contribution is -2.12. The minimum absolute atomic E-state index is 0.121. The lowest BCUT2D eigenvalue weighted by molar-refractivity contribution is 0.0464. The third kappa shape index (κ3) is 3.46. The van der Waals surface area contributed by atoms with Gasteiger partial charge in [0.2, 0.25) is 0 Å².